The lowest BCUT2D eigenvalue weighted by molar-refractivity contribution is 0.632. The van der Waals surface area contributed by atoms with E-state index in [0.717, 1.165) is 11.4 Å². The number of benzene rings is 8. The van der Waals surface area contributed by atoms with Gasteiger partial charge in [-0.25, -0.2) is 0 Å². The van der Waals surface area contributed by atoms with Crippen molar-refractivity contribution in [3.05, 3.63) is 192 Å². The molecule has 1 aliphatic carbocycles. The Morgan fingerprint density at radius 2 is 1.06 bits per heavy atom. The molecule has 0 fully saturated rings. The van der Waals surface area contributed by atoms with Gasteiger partial charge in [0.25, 0.3) is 0 Å². The van der Waals surface area contributed by atoms with Gasteiger partial charge in [0.2, 0.25) is 0 Å². The third kappa shape index (κ3) is 4.23. The van der Waals surface area contributed by atoms with Crippen LogP contribution in [0.2, 0.25) is 0 Å². The minimum Gasteiger partial charge on any atom is -0.310 e. The molecule has 0 amide bonds. The standard InChI is InChI=1S/C52H40N2/c1-51(2)44-19-11-10-17-40(44)41-28-27-38(32-47(41)51)53(36-14-6-5-7-15-36)37-25-21-33(22-26-37)35-24-30-48-43(31-35)42-18-12-20-45-50(42)54(48)49-39-16-9-8-13-34(39)23-29-46(49)52(45,3)4/h5-32H,1-4H3. The molecule has 0 unspecified atom stereocenters. The molecule has 0 atom stereocenters. The summed E-state index contributed by atoms with van der Waals surface area (Å²) in [4.78, 5) is 2.39. The van der Waals surface area contributed by atoms with Crippen molar-refractivity contribution < 1.29 is 0 Å². The summed E-state index contributed by atoms with van der Waals surface area (Å²) in [6.07, 6.45) is 0. The molecule has 1 aromatic heterocycles. The molecule has 0 radical (unpaired) electrons. The van der Waals surface area contributed by atoms with E-state index in [1.54, 1.807) is 0 Å². The van der Waals surface area contributed by atoms with Crippen LogP contribution in [-0.2, 0) is 10.8 Å². The summed E-state index contributed by atoms with van der Waals surface area (Å²) >= 11 is 0. The van der Waals surface area contributed by atoms with Gasteiger partial charge >= 0.3 is 0 Å². The van der Waals surface area contributed by atoms with Crippen LogP contribution in [0.1, 0.15) is 49.9 Å². The van der Waals surface area contributed by atoms with Crippen molar-refractivity contribution in [1.29, 1.82) is 0 Å². The molecule has 0 saturated carbocycles. The number of hydrogen-bond acceptors (Lipinski definition) is 1. The minimum absolute atomic E-state index is 0.0684. The van der Waals surface area contributed by atoms with Gasteiger partial charge in [0.1, 0.15) is 0 Å². The van der Waals surface area contributed by atoms with Crippen molar-refractivity contribution in [2.45, 2.75) is 38.5 Å². The molecule has 1 aliphatic heterocycles. The fourth-order valence-electron chi connectivity index (χ4n) is 9.79. The molecule has 0 saturated heterocycles. The lowest BCUT2D eigenvalue weighted by Crippen LogP contribution is -2.26. The molecule has 258 valence electrons. The lowest BCUT2D eigenvalue weighted by atomic mass is 9.74. The van der Waals surface area contributed by atoms with Crippen LogP contribution in [0.25, 0.3) is 60.5 Å². The molecule has 2 aliphatic rings. The average Bonchev–Trinajstić information content (AvgIpc) is 3.65. The summed E-state index contributed by atoms with van der Waals surface area (Å²) in [5.74, 6) is 0. The van der Waals surface area contributed by atoms with Gasteiger partial charge in [-0.05, 0) is 98.4 Å². The van der Waals surface area contributed by atoms with E-state index in [0.29, 0.717) is 0 Å². The molecule has 11 rings (SSSR count). The van der Waals surface area contributed by atoms with Crippen LogP contribution < -0.4 is 4.90 Å². The fourth-order valence-corrected chi connectivity index (χ4v) is 9.79. The summed E-state index contributed by atoms with van der Waals surface area (Å²) in [5.41, 5.74) is 17.8. The van der Waals surface area contributed by atoms with Crippen molar-refractivity contribution in [3.63, 3.8) is 0 Å². The molecule has 9 aromatic rings. The van der Waals surface area contributed by atoms with E-state index < -0.39 is 0 Å². The summed E-state index contributed by atoms with van der Waals surface area (Å²) in [5, 5.41) is 5.18. The van der Waals surface area contributed by atoms with E-state index in [1.165, 1.54) is 88.5 Å². The van der Waals surface area contributed by atoms with E-state index in [1.807, 2.05) is 0 Å². The zero-order chi connectivity index (χ0) is 36.3. The Hall–Kier alpha value is -6.38. The highest BCUT2D eigenvalue weighted by Crippen LogP contribution is 2.52. The van der Waals surface area contributed by atoms with Gasteiger partial charge in [-0.1, -0.05) is 149 Å². The van der Waals surface area contributed by atoms with Crippen molar-refractivity contribution in [2.24, 2.45) is 0 Å². The lowest BCUT2D eigenvalue weighted by Gasteiger charge is -2.35. The first-order chi connectivity index (χ1) is 26.3. The third-order valence-corrected chi connectivity index (χ3v) is 12.6. The third-order valence-electron chi connectivity index (χ3n) is 12.6. The first-order valence-electron chi connectivity index (χ1n) is 19.1. The van der Waals surface area contributed by atoms with Crippen molar-refractivity contribution in [2.75, 3.05) is 4.90 Å². The first kappa shape index (κ1) is 31.2. The van der Waals surface area contributed by atoms with Gasteiger partial charge in [-0.3, -0.25) is 0 Å². The highest BCUT2D eigenvalue weighted by molar-refractivity contribution is 6.14. The highest BCUT2D eigenvalue weighted by atomic mass is 15.1. The quantitative estimate of drug-likeness (QED) is 0.178. The van der Waals surface area contributed by atoms with Crippen LogP contribution in [0.15, 0.2) is 170 Å². The van der Waals surface area contributed by atoms with E-state index in [9.17, 15) is 0 Å². The Morgan fingerprint density at radius 3 is 1.91 bits per heavy atom. The fraction of sp³-hybridized carbons (Fsp3) is 0.115. The zero-order valence-electron chi connectivity index (χ0n) is 31.1. The number of hydrogen-bond donors (Lipinski definition) is 0. The molecular formula is C52H40N2. The normalized spacial score (nSPS) is 14.6. The Balaban J connectivity index is 1.04. The minimum atomic E-state index is -0.120. The van der Waals surface area contributed by atoms with Crippen LogP contribution in [0.4, 0.5) is 17.1 Å². The van der Waals surface area contributed by atoms with Gasteiger partial charge in [-0.2, -0.15) is 0 Å². The maximum atomic E-state index is 2.55. The molecule has 54 heavy (non-hydrogen) atoms. The van der Waals surface area contributed by atoms with Gasteiger partial charge in [0.05, 0.1) is 16.7 Å². The number of anilines is 3. The molecule has 2 heteroatoms. The van der Waals surface area contributed by atoms with Crippen LogP contribution in [0.3, 0.4) is 0 Å². The van der Waals surface area contributed by atoms with E-state index >= 15 is 0 Å². The van der Waals surface area contributed by atoms with Gasteiger partial charge in [-0.15, -0.1) is 0 Å². The van der Waals surface area contributed by atoms with Crippen LogP contribution in [-0.4, -0.2) is 4.57 Å². The molecule has 8 aromatic carbocycles. The smallest absolute Gasteiger partial charge is 0.0582 e. The average molecular weight is 693 g/mol. The van der Waals surface area contributed by atoms with Crippen LogP contribution >= 0.6 is 0 Å². The predicted octanol–water partition coefficient (Wildman–Crippen LogP) is 14.0. The van der Waals surface area contributed by atoms with Crippen LogP contribution in [0.5, 0.6) is 0 Å². The summed E-state index contributed by atoms with van der Waals surface area (Å²) in [6.45, 7) is 9.46. The molecule has 0 N–H and O–H groups in total. The number of fused-ring (bicyclic) bond motifs is 10. The molecule has 0 spiro atoms. The second kappa shape index (κ2) is 11.1. The monoisotopic (exact) mass is 692 g/mol. The first-order valence-corrected chi connectivity index (χ1v) is 19.1. The summed E-state index contributed by atoms with van der Waals surface area (Å²) < 4.78 is 2.55. The van der Waals surface area contributed by atoms with Gasteiger partial charge < -0.3 is 9.47 Å². The zero-order valence-corrected chi connectivity index (χ0v) is 31.1. The Bertz CT molecular complexity index is 2980. The van der Waals surface area contributed by atoms with Crippen molar-refractivity contribution in [1.82, 2.24) is 4.57 Å². The molecule has 0 bridgehead atoms. The second-order valence-electron chi connectivity index (χ2n) is 16.2. The maximum Gasteiger partial charge on any atom is 0.0582 e. The van der Waals surface area contributed by atoms with Gasteiger partial charge in [0.15, 0.2) is 0 Å². The number of aromatic nitrogens is 1. The SMILES string of the molecule is CC1(C)c2ccccc2-c2ccc(N(c3ccccc3)c3ccc(-c4ccc5c(c4)c4cccc6c4n5-c4c(ccc5ccccc45)C6(C)C)cc3)cc21. The van der Waals surface area contributed by atoms with Crippen molar-refractivity contribution >= 4 is 49.6 Å². The Morgan fingerprint density at radius 1 is 0.407 bits per heavy atom. The molecule has 2 heterocycles. The molecular weight excluding hydrogens is 653 g/mol. The van der Waals surface area contributed by atoms with Crippen molar-refractivity contribution in [3.8, 4) is 27.9 Å². The Kier molecular flexibility index (Phi) is 6.39. The summed E-state index contributed by atoms with van der Waals surface area (Å²) in [6, 6.07) is 63.1. The maximum absolute atomic E-state index is 2.55. The predicted molar refractivity (Wildman–Crippen MR) is 228 cm³/mol. The van der Waals surface area contributed by atoms with E-state index in [2.05, 4.69) is 207 Å². The van der Waals surface area contributed by atoms with E-state index in [4.69, 9.17) is 0 Å². The second-order valence-corrected chi connectivity index (χ2v) is 16.2. The highest BCUT2D eigenvalue weighted by Gasteiger charge is 2.37. The number of para-hydroxylation sites is 2. The summed E-state index contributed by atoms with van der Waals surface area (Å²) in [7, 11) is 0. The van der Waals surface area contributed by atoms with E-state index in [-0.39, 0.29) is 10.8 Å². The van der Waals surface area contributed by atoms with Crippen LogP contribution in [0, 0.1) is 0 Å². The molecule has 2 nitrogen and oxygen atoms in total. The van der Waals surface area contributed by atoms with Gasteiger partial charge in [0, 0.05) is 44.1 Å². The number of nitrogens with zero attached hydrogens (tertiary/aromatic N) is 2. The largest absolute Gasteiger partial charge is 0.310 e. The Labute approximate surface area is 316 Å². The number of rotatable bonds is 4. The topological polar surface area (TPSA) is 8.17 Å².